The Hall–Kier alpha value is -2.52. The van der Waals surface area contributed by atoms with Crippen molar-refractivity contribution in [2.24, 2.45) is 0 Å². The van der Waals surface area contributed by atoms with Gasteiger partial charge in [-0.05, 0) is 63.5 Å². The number of hydrogen-bond acceptors (Lipinski definition) is 5. The van der Waals surface area contributed by atoms with Gasteiger partial charge in [0.1, 0.15) is 5.75 Å². The first kappa shape index (κ1) is 23.1. The van der Waals surface area contributed by atoms with E-state index in [1.165, 1.54) is 5.56 Å². The molecule has 2 aromatic carbocycles. The molecule has 1 heterocycles. The normalized spacial score (nSPS) is 11.4. The number of rotatable bonds is 7. The zero-order valence-corrected chi connectivity index (χ0v) is 18.8. The summed E-state index contributed by atoms with van der Waals surface area (Å²) in [4.78, 5) is 6.16. The van der Waals surface area contributed by atoms with Gasteiger partial charge in [0, 0.05) is 23.6 Å². The molecular formula is C22H23F4N3OS. The van der Waals surface area contributed by atoms with Crippen molar-refractivity contribution in [3.63, 3.8) is 0 Å². The van der Waals surface area contributed by atoms with E-state index < -0.39 is 40.2 Å². The average molecular weight is 454 g/mol. The molecule has 0 saturated heterocycles. The summed E-state index contributed by atoms with van der Waals surface area (Å²) in [6.07, 6.45) is 0.892. The van der Waals surface area contributed by atoms with Gasteiger partial charge in [0.25, 0.3) is 5.19 Å². The predicted octanol–water partition coefficient (Wildman–Crippen LogP) is 5.97. The molecule has 0 aliphatic carbocycles. The number of benzene rings is 2. The Morgan fingerprint density at radius 1 is 0.968 bits per heavy atom. The standard InChI is InChI=1S/C22H23F4N3OS/c1-6-29(5)8-7-14-9-12(3)15(10-11(14)2)30-22-27-21(28-31-22)16-19(25)17(23)13(4)18(24)20(16)26/h9-10H,6-8H2,1-5H3. The number of aryl methyl sites for hydroxylation is 2. The molecule has 9 heteroatoms. The molecule has 0 aliphatic rings. The minimum Gasteiger partial charge on any atom is -0.430 e. The first-order valence-electron chi connectivity index (χ1n) is 9.77. The molecule has 0 atom stereocenters. The van der Waals surface area contributed by atoms with E-state index in [0.29, 0.717) is 5.75 Å². The first-order chi connectivity index (χ1) is 14.6. The Labute approximate surface area is 182 Å². The van der Waals surface area contributed by atoms with Gasteiger partial charge in [-0.3, -0.25) is 0 Å². The highest BCUT2D eigenvalue weighted by atomic mass is 32.1. The van der Waals surface area contributed by atoms with E-state index in [-0.39, 0.29) is 5.19 Å². The van der Waals surface area contributed by atoms with Crippen molar-refractivity contribution >= 4 is 11.5 Å². The third-order valence-corrected chi connectivity index (χ3v) is 5.84. The SMILES string of the molecule is CCN(C)CCc1cc(C)c(Oc2nc(-c3c(F)c(F)c(C)c(F)c3F)ns2)cc1C. The Morgan fingerprint density at radius 2 is 1.61 bits per heavy atom. The van der Waals surface area contributed by atoms with Gasteiger partial charge in [0.15, 0.2) is 29.1 Å². The van der Waals surface area contributed by atoms with Crippen LogP contribution in [0.4, 0.5) is 17.6 Å². The number of hydrogen-bond donors (Lipinski definition) is 0. The summed E-state index contributed by atoms with van der Waals surface area (Å²) in [5, 5.41) is 0.0103. The van der Waals surface area contributed by atoms with Crippen LogP contribution in [0.3, 0.4) is 0 Å². The van der Waals surface area contributed by atoms with Crippen LogP contribution >= 0.6 is 11.5 Å². The first-order valence-corrected chi connectivity index (χ1v) is 10.5. The van der Waals surface area contributed by atoms with Gasteiger partial charge < -0.3 is 9.64 Å². The van der Waals surface area contributed by atoms with Crippen molar-refractivity contribution < 1.29 is 22.3 Å². The van der Waals surface area contributed by atoms with Crippen molar-refractivity contribution in [3.8, 4) is 22.3 Å². The summed E-state index contributed by atoms with van der Waals surface area (Å²) in [6, 6.07) is 3.89. The average Bonchev–Trinajstić information content (AvgIpc) is 3.20. The summed E-state index contributed by atoms with van der Waals surface area (Å²) in [7, 11) is 2.06. The van der Waals surface area contributed by atoms with Crippen LogP contribution < -0.4 is 4.74 Å². The molecule has 0 unspecified atom stereocenters. The lowest BCUT2D eigenvalue weighted by Crippen LogP contribution is -2.20. The molecule has 0 amide bonds. The van der Waals surface area contributed by atoms with Crippen molar-refractivity contribution in [1.82, 2.24) is 14.3 Å². The van der Waals surface area contributed by atoms with Gasteiger partial charge in [-0.25, -0.2) is 17.6 Å². The van der Waals surface area contributed by atoms with Gasteiger partial charge in [-0.1, -0.05) is 13.0 Å². The summed E-state index contributed by atoms with van der Waals surface area (Å²) in [5.74, 6) is -5.95. The molecule has 166 valence electrons. The van der Waals surface area contributed by atoms with Gasteiger partial charge in [0.05, 0.1) is 5.56 Å². The maximum atomic E-state index is 14.2. The maximum Gasteiger partial charge on any atom is 0.299 e. The molecule has 0 aliphatic heterocycles. The van der Waals surface area contributed by atoms with Gasteiger partial charge >= 0.3 is 0 Å². The monoisotopic (exact) mass is 453 g/mol. The van der Waals surface area contributed by atoms with Crippen LogP contribution in [0.15, 0.2) is 12.1 Å². The fourth-order valence-electron chi connectivity index (χ4n) is 3.08. The third-order valence-electron chi connectivity index (χ3n) is 5.25. The molecule has 31 heavy (non-hydrogen) atoms. The molecular weight excluding hydrogens is 430 g/mol. The second kappa shape index (κ2) is 9.32. The number of ether oxygens (including phenoxy) is 1. The van der Waals surface area contributed by atoms with Crippen molar-refractivity contribution in [3.05, 3.63) is 57.7 Å². The summed E-state index contributed by atoms with van der Waals surface area (Å²) < 4.78 is 65.8. The lowest BCUT2D eigenvalue weighted by Gasteiger charge is -2.16. The molecule has 1 aromatic heterocycles. The maximum absolute atomic E-state index is 14.2. The highest BCUT2D eigenvalue weighted by Gasteiger charge is 2.27. The number of likely N-dealkylation sites (N-methyl/N-ethyl adjacent to an activating group) is 1. The Bertz CT molecular complexity index is 1090. The minimum absolute atomic E-state index is 0.0103. The number of nitrogens with zero attached hydrogens (tertiary/aromatic N) is 3. The van der Waals surface area contributed by atoms with Crippen LogP contribution in [0.2, 0.25) is 0 Å². The largest absolute Gasteiger partial charge is 0.430 e. The summed E-state index contributed by atoms with van der Waals surface area (Å²) in [6.45, 7) is 8.81. The van der Waals surface area contributed by atoms with Crippen molar-refractivity contribution in [2.45, 2.75) is 34.1 Å². The number of aromatic nitrogens is 2. The van der Waals surface area contributed by atoms with Gasteiger partial charge in [0.2, 0.25) is 0 Å². The van der Waals surface area contributed by atoms with E-state index >= 15 is 0 Å². The number of halogens is 4. The zero-order chi connectivity index (χ0) is 22.9. The second-order valence-electron chi connectivity index (χ2n) is 7.43. The van der Waals surface area contributed by atoms with Gasteiger partial charge in [-0.15, -0.1) is 0 Å². The van der Waals surface area contributed by atoms with E-state index in [1.54, 1.807) is 0 Å². The Balaban J connectivity index is 1.86. The second-order valence-corrected chi connectivity index (χ2v) is 8.15. The Morgan fingerprint density at radius 3 is 2.23 bits per heavy atom. The van der Waals surface area contributed by atoms with Crippen molar-refractivity contribution in [1.29, 1.82) is 0 Å². The van der Waals surface area contributed by atoms with Crippen LogP contribution in [-0.2, 0) is 6.42 Å². The fourth-order valence-corrected chi connectivity index (χ4v) is 3.63. The lowest BCUT2D eigenvalue weighted by molar-refractivity contribution is 0.357. The molecule has 0 saturated carbocycles. The van der Waals surface area contributed by atoms with Gasteiger partial charge in [-0.2, -0.15) is 9.36 Å². The molecule has 0 spiro atoms. The van der Waals surface area contributed by atoms with Crippen LogP contribution in [0.25, 0.3) is 11.4 Å². The summed E-state index contributed by atoms with van der Waals surface area (Å²) >= 11 is 0.740. The molecule has 3 rings (SSSR count). The smallest absolute Gasteiger partial charge is 0.299 e. The van der Waals surface area contributed by atoms with E-state index in [4.69, 9.17) is 4.74 Å². The Kier molecular flexibility index (Phi) is 6.96. The lowest BCUT2D eigenvalue weighted by atomic mass is 10.0. The molecule has 0 fully saturated rings. The van der Waals surface area contributed by atoms with Crippen LogP contribution in [0.5, 0.6) is 10.9 Å². The van der Waals surface area contributed by atoms with E-state index in [9.17, 15) is 17.6 Å². The molecule has 0 bridgehead atoms. The summed E-state index contributed by atoms with van der Waals surface area (Å²) in [5.41, 5.74) is 1.41. The zero-order valence-electron chi connectivity index (χ0n) is 17.9. The van der Waals surface area contributed by atoms with E-state index in [1.807, 2.05) is 26.0 Å². The van der Waals surface area contributed by atoms with Crippen LogP contribution in [-0.4, -0.2) is 34.4 Å². The molecule has 3 aromatic rings. The van der Waals surface area contributed by atoms with E-state index in [2.05, 4.69) is 28.2 Å². The highest BCUT2D eigenvalue weighted by Crippen LogP contribution is 2.34. The van der Waals surface area contributed by atoms with Crippen molar-refractivity contribution in [2.75, 3.05) is 20.1 Å². The van der Waals surface area contributed by atoms with Crippen LogP contribution in [0.1, 0.15) is 29.2 Å². The highest BCUT2D eigenvalue weighted by molar-refractivity contribution is 7.07. The third kappa shape index (κ3) is 4.72. The quantitative estimate of drug-likeness (QED) is 0.326. The predicted molar refractivity (Wildman–Crippen MR) is 113 cm³/mol. The van der Waals surface area contributed by atoms with E-state index in [0.717, 1.165) is 49.1 Å². The molecule has 4 nitrogen and oxygen atoms in total. The topological polar surface area (TPSA) is 38.2 Å². The molecule has 0 radical (unpaired) electrons. The van der Waals surface area contributed by atoms with Crippen LogP contribution in [0, 0.1) is 44.0 Å². The molecule has 0 N–H and O–H groups in total. The minimum atomic E-state index is -1.53. The fraction of sp³-hybridized carbons (Fsp3) is 0.364.